The summed E-state index contributed by atoms with van der Waals surface area (Å²) in [6, 6.07) is -1.31. The lowest BCUT2D eigenvalue weighted by Gasteiger charge is -2.29. The third-order valence-corrected chi connectivity index (χ3v) is 2.16. The zero-order chi connectivity index (χ0) is 13.6. The molecule has 8 nitrogen and oxygen atoms in total. The number of aliphatic hydroxyl groups excluding tert-OH is 3. The molecule has 6 N–H and O–H groups in total. The maximum atomic E-state index is 10.6. The number of nitrogens with two attached hydrogens (primary N) is 1. The molecule has 5 atom stereocenters. The SMILES string of the molecule is CC(O[C@@H]([C@H](O)[C@H](O)CO)[C@H](N)C=O)C(=O)O. The van der Waals surface area contributed by atoms with E-state index in [0.29, 0.717) is 0 Å². The second kappa shape index (κ2) is 7.30. The first-order valence-corrected chi connectivity index (χ1v) is 4.91. The van der Waals surface area contributed by atoms with Crippen LogP contribution >= 0.6 is 0 Å². The minimum absolute atomic E-state index is 0.256. The highest BCUT2D eigenvalue weighted by Gasteiger charge is 2.34. The van der Waals surface area contributed by atoms with Crippen LogP contribution in [0.5, 0.6) is 0 Å². The van der Waals surface area contributed by atoms with E-state index < -0.39 is 43.0 Å². The molecule has 0 aliphatic heterocycles. The van der Waals surface area contributed by atoms with Gasteiger partial charge in [0.25, 0.3) is 0 Å². The first kappa shape index (κ1) is 15.9. The van der Waals surface area contributed by atoms with Crippen molar-refractivity contribution in [1.29, 1.82) is 0 Å². The van der Waals surface area contributed by atoms with E-state index in [1.54, 1.807) is 0 Å². The van der Waals surface area contributed by atoms with E-state index in [0.717, 1.165) is 0 Å². The molecule has 0 rings (SSSR count). The topological polar surface area (TPSA) is 150 Å². The summed E-state index contributed by atoms with van der Waals surface area (Å²) in [6.45, 7) is 0.416. The Hall–Kier alpha value is -1.06. The van der Waals surface area contributed by atoms with Crippen molar-refractivity contribution in [2.24, 2.45) is 5.73 Å². The highest BCUT2D eigenvalue weighted by Crippen LogP contribution is 2.10. The van der Waals surface area contributed by atoms with Crippen LogP contribution in [0.1, 0.15) is 6.92 Å². The highest BCUT2D eigenvalue weighted by molar-refractivity contribution is 5.71. The maximum absolute atomic E-state index is 10.6. The number of aliphatic hydroxyl groups is 3. The quantitative estimate of drug-likeness (QED) is 0.288. The molecule has 8 heteroatoms. The summed E-state index contributed by atoms with van der Waals surface area (Å²) < 4.78 is 4.87. The normalized spacial score (nSPS) is 20.1. The largest absolute Gasteiger partial charge is 0.479 e. The maximum Gasteiger partial charge on any atom is 0.332 e. The molecule has 0 radical (unpaired) electrons. The van der Waals surface area contributed by atoms with Gasteiger partial charge in [0.2, 0.25) is 0 Å². The number of carbonyl (C=O) groups is 2. The van der Waals surface area contributed by atoms with Crippen molar-refractivity contribution in [3.05, 3.63) is 0 Å². The van der Waals surface area contributed by atoms with Gasteiger partial charge in [0.1, 0.15) is 24.6 Å². The average Bonchev–Trinajstić information content (AvgIpc) is 2.32. The Morgan fingerprint density at radius 3 is 2.35 bits per heavy atom. The number of hydrogen-bond donors (Lipinski definition) is 5. The Balaban J connectivity index is 4.75. The molecular formula is C9H17NO7. The number of aldehydes is 1. The summed E-state index contributed by atoms with van der Waals surface area (Å²) in [5.74, 6) is -1.31. The van der Waals surface area contributed by atoms with E-state index in [1.807, 2.05) is 0 Å². The van der Waals surface area contributed by atoms with Gasteiger partial charge in [-0.3, -0.25) is 0 Å². The smallest absolute Gasteiger partial charge is 0.332 e. The van der Waals surface area contributed by atoms with Gasteiger partial charge in [0, 0.05) is 0 Å². The van der Waals surface area contributed by atoms with Crippen LogP contribution in [-0.2, 0) is 14.3 Å². The first-order chi connectivity index (χ1) is 7.84. The molecule has 0 aromatic rings. The predicted molar refractivity (Wildman–Crippen MR) is 55.1 cm³/mol. The molecule has 0 aromatic carbocycles. The van der Waals surface area contributed by atoms with Crippen LogP contribution < -0.4 is 5.73 Å². The second-order valence-corrected chi connectivity index (χ2v) is 3.54. The van der Waals surface area contributed by atoms with Crippen LogP contribution in [0.2, 0.25) is 0 Å². The molecule has 0 saturated heterocycles. The number of carboxylic acid groups (broad SMARTS) is 1. The fourth-order valence-corrected chi connectivity index (χ4v) is 1.10. The van der Waals surface area contributed by atoms with Gasteiger partial charge in [-0.05, 0) is 6.92 Å². The van der Waals surface area contributed by atoms with Crippen molar-refractivity contribution < 1.29 is 34.8 Å². The number of hydrogen-bond acceptors (Lipinski definition) is 7. The van der Waals surface area contributed by atoms with Crippen molar-refractivity contribution in [1.82, 2.24) is 0 Å². The molecule has 0 aromatic heterocycles. The molecule has 0 fully saturated rings. The summed E-state index contributed by atoms with van der Waals surface area (Å²) in [6.07, 6.45) is -5.71. The van der Waals surface area contributed by atoms with Crippen LogP contribution in [0.25, 0.3) is 0 Å². The molecule has 100 valence electrons. The molecule has 0 aliphatic carbocycles. The van der Waals surface area contributed by atoms with E-state index >= 15 is 0 Å². The van der Waals surface area contributed by atoms with Crippen LogP contribution in [-0.4, -0.2) is 69.7 Å². The fraction of sp³-hybridized carbons (Fsp3) is 0.778. The number of ether oxygens (including phenoxy) is 1. The lowest BCUT2D eigenvalue weighted by molar-refractivity contribution is -0.166. The second-order valence-electron chi connectivity index (χ2n) is 3.54. The molecule has 0 spiro atoms. The summed E-state index contributed by atoms with van der Waals surface area (Å²) in [4.78, 5) is 21.1. The van der Waals surface area contributed by atoms with Gasteiger partial charge in [-0.1, -0.05) is 0 Å². The van der Waals surface area contributed by atoms with Crippen LogP contribution in [0.15, 0.2) is 0 Å². The molecule has 0 heterocycles. The third-order valence-electron chi connectivity index (χ3n) is 2.16. The Morgan fingerprint density at radius 2 is 2.00 bits per heavy atom. The zero-order valence-corrected chi connectivity index (χ0v) is 9.26. The van der Waals surface area contributed by atoms with Gasteiger partial charge < -0.3 is 35.7 Å². The molecular weight excluding hydrogens is 234 g/mol. The summed E-state index contributed by atoms with van der Waals surface area (Å²) in [5, 5.41) is 36.0. The molecule has 17 heavy (non-hydrogen) atoms. The Kier molecular flexibility index (Phi) is 6.85. The molecule has 0 aliphatic rings. The third kappa shape index (κ3) is 4.75. The Labute approximate surface area is 97.6 Å². The first-order valence-electron chi connectivity index (χ1n) is 4.91. The standard InChI is InChI=1S/C9H17NO7/c1-4(9(15)16)17-8(5(10)2-11)7(14)6(13)3-12/h2,4-8,12-14H,3,10H2,1H3,(H,15,16)/t4?,5-,6-,7-,8-/m1/s1. The predicted octanol–water partition coefficient (Wildman–Crippen LogP) is -2.91. The average molecular weight is 251 g/mol. The number of aliphatic carboxylic acids is 1. The Morgan fingerprint density at radius 1 is 1.47 bits per heavy atom. The van der Waals surface area contributed by atoms with Crippen molar-refractivity contribution in [2.75, 3.05) is 6.61 Å². The molecule has 0 saturated carbocycles. The summed E-state index contributed by atoms with van der Waals surface area (Å²) >= 11 is 0. The highest BCUT2D eigenvalue weighted by atomic mass is 16.5. The van der Waals surface area contributed by atoms with Crippen LogP contribution in [0, 0.1) is 0 Å². The molecule has 1 unspecified atom stereocenters. The number of rotatable bonds is 8. The van der Waals surface area contributed by atoms with Crippen LogP contribution in [0.4, 0.5) is 0 Å². The Bertz CT molecular complexity index is 260. The van der Waals surface area contributed by atoms with E-state index in [4.69, 9.17) is 20.7 Å². The van der Waals surface area contributed by atoms with Gasteiger partial charge in [-0.25, -0.2) is 4.79 Å². The van der Waals surface area contributed by atoms with Gasteiger partial charge in [-0.15, -0.1) is 0 Å². The van der Waals surface area contributed by atoms with Gasteiger partial charge in [0.15, 0.2) is 6.10 Å². The van der Waals surface area contributed by atoms with Crippen molar-refractivity contribution in [3.63, 3.8) is 0 Å². The van der Waals surface area contributed by atoms with Gasteiger partial charge in [0.05, 0.1) is 12.6 Å². The lowest BCUT2D eigenvalue weighted by atomic mass is 10.0. The monoisotopic (exact) mass is 251 g/mol. The van der Waals surface area contributed by atoms with Gasteiger partial charge in [-0.2, -0.15) is 0 Å². The number of carboxylic acids is 1. The fourth-order valence-electron chi connectivity index (χ4n) is 1.10. The lowest BCUT2D eigenvalue weighted by Crippen LogP contribution is -2.53. The van der Waals surface area contributed by atoms with Gasteiger partial charge >= 0.3 is 5.97 Å². The minimum Gasteiger partial charge on any atom is -0.479 e. The van der Waals surface area contributed by atoms with Crippen molar-refractivity contribution >= 4 is 12.3 Å². The number of carbonyl (C=O) groups excluding carboxylic acids is 1. The van der Waals surface area contributed by atoms with Crippen molar-refractivity contribution in [3.8, 4) is 0 Å². The van der Waals surface area contributed by atoms with E-state index in [2.05, 4.69) is 0 Å². The van der Waals surface area contributed by atoms with Crippen molar-refractivity contribution in [2.45, 2.75) is 37.4 Å². The van der Waals surface area contributed by atoms with Crippen LogP contribution in [0.3, 0.4) is 0 Å². The summed E-state index contributed by atoms with van der Waals surface area (Å²) in [5.41, 5.74) is 5.32. The minimum atomic E-state index is -1.66. The van der Waals surface area contributed by atoms with E-state index in [-0.39, 0.29) is 6.29 Å². The molecule has 0 amide bonds. The zero-order valence-electron chi connectivity index (χ0n) is 9.26. The summed E-state index contributed by atoms with van der Waals surface area (Å²) in [7, 11) is 0. The van der Waals surface area contributed by atoms with E-state index in [9.17, 15) is 19.8 Å². The molecule has 0 bridgehead atoms. The van der Waals surface area contributed by atoms with E-state index in [1.165, 1.54) is 6.92 Å².